The third kappa shape index (κ3) is 1.26. The van der Waals surface area contributed by atoms with Gasteiger partial charge in [0.05, 0.1) is 7.11 Å². The van der Waals surface area contributed by atoms with Gasteiger partial charge in [-0.1, -0.05) is 6.07 Å². The Morgan fingerprint density at radius 2 is 2.10 bits per heavy atom. The van der Waals surface area contributed by atoms with Crippen molar-refractivity contribution < 1.29 is 9.13 Å². The number of hydrogen-bond acceptors (Lipinski definition) is 1. The highest BCUT2D eigenvalue weighted by Crippen LogP contribution is 2.17. The maximum atomic E-state index is 12.5. The van der Waals surface area contributed by atoms with E-state index in [0.29, 0.717) is 5.75 Å². The molecule has 1 aromatic carbocycles. The van der Waals surface area contributed by atoms with E-state index in [1.54, 1.807) is 6.07 Å². The number of hydrogen-bond donors (Lipinski definition) is 0. The quantitative estimate of drug-likeness (QED) is 0.580. The topological polar surface area (TPSA) is 9.23 Å². The molecule has 0 aliphatic heterocycles. The smallest absolute Gasteiger partial charge is 0.126 e. The second kappa shape index (κ2) is 2.69. The lowest BCUT2D eigenvalue weighted by Gasteiger charge is -2.02. The summed E-state index contributed by atoms with van der Waals surface area (Å²) in [6.07, 6.45) is 0. The van der Waals surface area contributed by atoms with Crippen molar-refractivity contribution in [3.8, 4) is 5.75 Å². The SMILES string of the molecule is COc1cc(F)ccc1C. The lowest BCUT2D eigenvalue weighted by molar-refractivity contribution is 0.408. The highest BCUT2D eigenvalue weighted by Gasteiger charge is 1.97. The van der Waals surface area contributed by atoms with E-state index in [0.717, 1.165) is 5.56 Å². The second-order valence-corrected chi connectivity index (χ2v) is 2.11. The molecule has 0 amide bonds. The van der Waals surface area contributed by atoms with Crippen molar-refractivity contribution in [1.82, 2.24) is 0 Å². The summed E-state index contributed by atoms with van der Waals surface area (Å²) >= 11 is 0. The molecule has 0 fully saturated rings. The Hall–Kier alpha value is -1.05. The maximum Gasteiger partial charge on any atom is 0.126 e. The van der Waals surface area contributed by atoms with E-state index in [9.17, 15) is 4.39 Å². The molecule has 0 saturated carbocycles. The fraction of sp³-hybridized carbons (Fsp3) is 0.250. The number of rotatable bonds is 1. The lowest BCUT2D eigenvalue weighted by atomic mass is 10.2. The van der Waals surface area contributed by atoms with Crippen molar-refractivity contribution in [3.05, 3.63) is 29.6 Å². The van der Waals surface area contributed by atoms with E-state index in [-0.39, 0.29) is 5.82 Å². The molecular weight excluding hydrogens is 131 g/mol. The normalized spacial score (nSPS) is 9.50. The molecule has 0 aromatic heterocycles. The van der Waals surface area contributed by atoms with Crippen LogP contribution in [0, 0.1) is 12.7 Å². The van der Waals surface area contributed by atoms with Crippen molar-refractivity contribution in [3.63, 3.8) is 0 Å². The summed E-state index contributed by atoms with van der Waals surface area (Å²) in [7, 11) is 1.53. The fourth-order valence-electron chi connectivity index (χ4n) is 0.794. The maximum absolute atomic E-state index is 12.5. The molecule has 54 valence electrons. The van der Waals surface area contributed by atoms with Crippen molar-refractivity contribution in [2.75, 3.05) is 7.11 Å². The van der Waals surface area contributed by atoms with Gasteiger partial charge in [-0.15, -0.1) is 0 Å². The Labute approximate surface area is 59.4 Å². The Morgan fingerprint density at radius 1 is 1.40 bits per heavy atom. The van der Waals surface area contributed by atoms with Crippen molar-refractivity contribution >= 4 is 0 Å². The molecule has 0 spiro atoms. The molecule has 1 nitrogen and oxygen atoms in total. The summed E-state index contributed by atoms with van der Waals surface area (Å²) in [5.41, 5.74) is 0.948. The number of benzene rings is 1. The number of methoxy groups -OCH3 is 1. The summed E-state index contributed by atoms with van der Waals surface area (Å²) in [5.74, 6) is 0.336. The van der Waals surface area contributed by atoms with Gasteiger partial charge in [0.15, 0.2) is 0 Å². The summed E-state index contributed by atoms with van der Waals surface area (Å²) in [6.45, 7) is 1.87. The molecule has 1 rings (SSSR count). The summed E-state index contributed by atoms with van der Waals surface area (Å²) < 4.78 is 17.3. The van der Waals surface area contributed by atoms with E-state index >= 15 is 0 Å². The first-order valence-electron chi connectivity index (χ1n) is 3.04. The van der Waals surface area contributed by atoms with Crippen LogP contribution >= 0.6 is 0 Å². The van der Waals surface area contributed by atoms with Gasteiger partial charge in [0.25, 0.3) is 0 Å². The zero-order chi connectivity index (χ0) is 7.56. The zero-order valence-corrected chi connectivity index (χ0v) is 6.02. The molecular formula is C8H9FO. The monoisotopic (exact) mass is 140 g/mol. The molecule has 0 aliphatic carbocycles. The van der Waals surface area contributed by atoms with Crippen LogP contribution in [-0.4, -0.2) is 7.11 Å². The van der Waals surface area contributed by atoms with Gasteiger partial charge in [0.1, 0.15) is 11.6 Å². The lowest BCUT2D eigenvalue weighted by Crippen LogP contribution is -1.87. The number of aryl methyl sites for hydroxylation is 1. The molecule has 1 aromatic rings. The summed E-state index contributed by atoms with van der Waals surface area (Å²) in [5, 5.41) is 0. The molecule has 0 saturated heterocycles. The van der Waals surface area contributed by atoms with Crippen molar-refractivity contribution in [2.24, 2.45) is 0 Å². The molecule has 10 heavy (non-hydrogen) atoms. The molecule has 0 unspecified atom stereocenters. The Kier molecular flexibility index (Phi) is 1.90. The average molecular weight is 140 g/mol. The first-order valence-corrected chi connectivity index (χ1v) is 3.04. The van der Waals surface area contributed by atoms with Gasteiger partial charge < -0.3 is 4.74 Å². The van der Waals surface area contributed by atoms with E-state index in [2.05, 4.69) is 0 Å². The minimum atomic E-state index is -0.262. The fourth-order valence-corrected chi connectivity index (χ4v) is 0.794. The molecule has 0 aliphatic rings. The Balaban J connectivity index is 3.09. The Bertz CT molecular complexity index is 233. The molecule has 0 N–H and O–H groups in total. The largest absolute Gasteiger partial charge is 0.496 e. The molecule has 0 bridgehead atoms. The Morgan fingerprint density at radius 3 is 2.60 bits per heavy atom. The van der Waals surface area contributed by atoms with Crippen LogP contribution in [-0.2, 0) is 0 Å². The van der Waals surface area contributed by atoms with E-state index < -0.39 is 0 Å². The van der Waals surface area contributed by atoms with Crippen LogP contribution < -0.4 is 4.74 Å². The number of ether oxygens (including phenoxy) is 1. The van der Waals surface area contributed by atoms with Gasteiger partial charge in [0, 0.05) is 6.07 Å². The summed E-state index contributed by atoms with van der Waals surface area (Å²) in [6, 6.07) is 4.47. The number of halogens is 1. The standard InChI is InChI=1S/C8H9FO/c1-6-3-4-7(9)5-8(6)10-2/h3-5H,1-2H3. The van der Waals surface area contributed by atoms with E-state index in [4.69, 9.17) is 4.74 Å². The average Bonchev–Trinajstić information content (AvgIpc) is 1.94. The molecule has 2 heteroatoms. The first-order chi connectivity index (χ1) is 4.74. The third-order valence-electron chi connectivity index (χ3n) is 1.37. The third-order valence-corrected chi connectivity index (χ3v) is 1.37. The van der Waals surface area contributed by atoms with Crippen molar-refractivity contribution in [2.45, 2.75) is 6.92 Å². The van der Waals surface area contributed by atoms with Crippen LogP contribution in [0.15, 0.2) is 18.2 Å². The van der Waals surface area contributed by atoms with Crippen LogP contribution in [0.2, 0.25) is 0 Å². The van der Waals surface area contributed by atoms with Gasteiger partial charge in [-0.25, -0.2) is 4.39 Å². The van der Waals surface area contributed by atoms with Crippen LogP contribution in [0.3, 0.4) is 0 Å². The van der Waals surface area contributed by atoms with E-state index in [1.807, 2.05) is 6.92 Å². The molecule has 0 atom stereocenters. The highest BCUT2D eigenvalue weighted by atomic mass is 19.1. The van der Waals surface area contributed by atoms with Crippen LogP contribution in [0.5, 0.6) is 5.75 Å². The van der Waals surface area contributed by atoms with Crippen molar-refractivity contribution in [1.29, 1.82) is 0 Å². The molecule has 0 heterocycles. The summed E-state index contributed by atoms with van der Waals surface area (Å²) in [4.78, 5) is 0. The minimum absolute atomic E-state index is 0.262. The van der Waals surface area contributed by atoms with Gasteiger partial charge in [-0.05, 0) is 18.6 Å². The predicted octanol–water partition coefficient (Wildman–Crippen LogP) is 2.14. The second-order valence-electron chi connectivity index (χ2n) is 2.11. The van der Waals surface area contributed by atoms with Gasteiger partial charge in [-0.2, -0.15) is 0 Å². The zero-order valence-electron chi connectivity index (χ0n) is 6.02. The minimum Gasteiger partial charge on any atom is -0.496 e. The van der Waals surface area contributed by atoms with Gasteiger partial charge in [-0.3, -0.25) is 0 Å². The van der Waals surface area contributed by atoms with Gasteiger partial charge >= 0.3 is 0 Å². The van der Waals surface area contributed by atoms with Gasteiger partial charge in [0.2, 0.25) is 0 Å². The van der Waals surface area contributed by atoms with Crippen LogP contribution in [0.25, 0.3) is 0 Å². The molecule has 0 radical (unpaired) electrons. The predicted molar refractivity (Wildman–Crippen MR) is 37.7 cm³/mol. The van der Waals surface area contributed by atoms with Crippen LogP contribution in [0.1, 0.15) is 5.56 Å². The van der Waals surface area contributed by atoms with Crippen LogP contribution in [0.4, 0.5) is 4.39 Å². The highest BCUT2D eigenvalue weighted by molar-refractivity contribution is 5.32. The first kappa shape index (κ1) is 7.06. The van der Waals surface area contributed by atoms with E-state index in [1.165, 1.54) is 19.2 Å².